The molecule has 4 aromatic rings. The number of benzene rings is 2. The van der Waals surface area contributed by atoms with E-state index < -0.39 is 8.07 Å². The molecule has 0 fully saturated rings. The molecule has 4 rings (SSSR count). The van der Waals surface area contributed by atoms with Gasteiger partial charge in [0.15, 0.2) is 0 Å². The predicted octanol–water partition coefficient (Wildman–Crippen LogP) is 12.1. The van der Waals surface area contributed by atoms with E-state index in [2.05, 4.69) is 143 Å². The van der Waals surface area contributed by atoms with E-state index in [1.54, 1.807) is 4.50 Å². The van der Waals surface area contributed by atoms with Crippen LogP contribution in [0.1, 0.15) is 106 Å². The molecule has 0 saturated carbocycles. The van der Waals surface area contributed by atoms with Crippen LogP contribution in [0.4, 0.5) is 0 Å². The third-order valence-electron chi connectivity index (χ3n) is 8.53. The molecule has 0 N–H and O–H groups in total. The molecule has 0 aliphatic rings. The van der Waals surface area contributed by atoms with Gasteiger partial charge in [0.05, 0.1) is 10.4 Å². The molecule has 0 atom stereocenters. The molecule has 2 aromatic heterocycles. The van der Waals surface area contributed by atoms with Gasteiger partial charge in [-0.2, -0.15) is 0 Å². The van der Waals surface area contributed by atoms with Gasteiger partial charge in [0.1, 0.15) is 8.07 Å². The van der Waals surface area contributed by atoms with Crippen molar-refractivity contribution < 1.29 is 0 Å². The SMILES string of the molecule is CCC(CC)c1cc(-c2nccc3c(C)c([Si](CC(C)(C)C)(CC(C)(C)C)CC(C)(C)C)sc23)cc2ccccc12. The number of thiophene rings is 1. The van der Waals surface area contributed by atoms with Gasteiger partial charge in [0.2, 0.25) is 0 Å². The molecule has 0 spiro atoms. The average Bonchev–Trinajstić information content (AvgIpc) is 3.19. The molecule has 0 radical (unpaired) electrons. The van der Waals surface area contributed by atoms with Gasteiger partial charge in [0.25, 0.3) is 0 Å². The van der Waals surface area contributed by atoms with Gasteiger partial charge in [0, 0.05) is 11.8 Å². The molecule has 3 heteroatoms. The van der Waals surface area contributed by atoms with Crippen LogP contribution in [0, 0.1) is 23.2 Å². The molecule has 41 heavy (non-hydrogen) atoms. The van der Waals surface area contributed by atoms with Crippen molar-refractivity contribution in [2.24, 2.45) is 16.2 Å². The summed E-state index contributed by atoms with van der Waals surface area (Å²) in [6, 6.07) is 20.1. The first-order valence-corrected chi connectivity index (χ1v) is 19.3. The molecule has 222 valence electrons. The minimum absolute atomic E-state index is 0.287. The Morgan fingerprint density at radius 2 is 1.32 bits per heavy atom. The normalized spacial score (nSPS) is 13.6. The van der Waals surface area contributed by atoms with Crippen LogP contribution in [-0.2, 0) is 0 Å². The zero-order valence-electron chi connectivity index (χ0n) is 28.1. The maximum absolute atomic E-state index is 5.12. The first kappa shape index (κ1) is 32.0. The molecule has 2 heterocycles. The van der Waals surface area contributed by atoms with Gasteiger partial charge in [-0.25, -0.2) is 0 Å². The van der Waals surface area contributed by atoms with Crippen LogP contribution < -0.4 is 4.50 Å². The highest BCUT2D eigenvalue weighted by Gasteiger charge is 2.46. The van der Waals surface area contributed by atoms with E-state index in [4.69, 9.17) is 4.98 Å². The van der Waals surface area contributed by atoms with E-state index in [0.29, 0.717) is 5.92 Å². The molecule has 0 unspecified atom stereocenters. The Balaban J connectivity index is 2.03. The van der Waals surface area contributed by atoms with Crippen LogP contribution in [0.5, 0.6) is 0 Å². The van der Waals surface area contributed by atoms with Gasteiger partial charge in [-0.15, -0.1) is 11.3 Å². The van der Waals surface area contributed by atoms with Gasteiger partial charge >= 0.3 is 0 Å². The summed E-state index contributed by atoms with van der Waals surface area (Å²) in [6.07, 6.45) is 4.38. The first-order chi connectivity index (χ1) is 19.0. The highest BCUT2D eigenvalue weighted by atomic mass is 32.1. The highest BCUT2D eigenvalue weighted by Crippen LogP contribution is 2.46. The Morgan fingerprint density at radius 3 is 1.85 bits per heavy atom. The number of hydrogen-bond acceptors (Lipinski definition) is 2. The van der Waals surface area contributed by atoms with Crippen LogP contribution >= 0.6 is 11.3 Å². The van der Waals surface area contributed by atoms with Gasteiger partial charge in [-0.1, -0.05) is 100 Å². The lowest BCUT2D eigenvalue weighted by atomic mass is 9.87. The van der Waals surface area contributed by atoms with Crippen molar-refractivity contribution in [3.8, 4) is 11.3 Å². The minimum Gasteiger partial charge on any atom is -0.255 e. The van der Waals surface area contributed by atoms with Crippen LogP contribution in [0.25, 0.3) is 32.1 Å². The molecule has 0 aliphatic carbocycles. The Labute approximate surface area is 256 Å². The molecular formula is C38H55NSSi. The third kappa shape index (κ3) is 7.16. The van der Waals surface area contributed by atoms with Crippen molar-refractivity contribution in [1.82, 2.24) is 4.98 Å². The van der Waals surface area contributed by atoms with E-state index in [1.807, 2.05) is 0 Å². The second-order valence-corrected chi connectivity index (χ2v) is 21.9. The van der Waals surface area contributed by atoms with Crippen molar-refractivity contribution in [3.63, 3.8) is 0 Å². The Hall–Kier alpha value is -1.97. The summed E-state index contributed by atoms with van der Waals surface area (Å²) in [5.74, 6) is 0.560. The van der Waals surface area contributed by atoms with Crippen LogP contribution in [0.2, 0.25) is 18.1 Å². The zero-order chi connectivity index (χ0) is 30.4. The minimum atomic E-state index is -1.92. The van der Waals surface area contributed by atoms with Gasteiger partial charge in [-0.05, 0) is 110 Å². The molecule has 0 bridgehead atoms. The van der Waals surface area contributed by atoms with E-state index in [1.165, 1.54) is 61.4 Å². The standard InChI is InChI=1S/C38H55NSSi/c1-13-27(14-2)32-22-29(21-28-17-15-16-18-31(28)32)33-34-30(19-20-39-33)26(3)35(40-34)41(23-36(4,5)6,24-37(7,8)9)25-38(10,11)12/h15-22,27H,13-14,23-25H2,1-12H3. The summed E-state index contributed by atoms with van der Waals surface area (Å²) in [5, 5.41) is 4.14. The summed E-state index contributed by atoms with van der Waals surface area (Å²) < 4.78 is 3.11. The number of aryl methyl sites for hydroxylation is 1. The number of rotatable bonds is 8. The molecule has 0 saturated heterocycles. The second-order valence-electron chi connectivity index (χ2n) is 16.4. The summed E-state index contributed by atoms with van der Waals surface area (Å²) in [4.78, 5) is 5.12. The first-order valence-electron chi connectivity index (χ1n) is 15.9. The van der Waals surface area contributed by atoms with E-state index in [-0.39, 0.29) is 16.2 Å². The Kier molecular flexibility index (Phi) is 9.04. The summed E-state index contributed by atoms with van der Waals surface area (Å²) in [5.41, 5.74) is 6.31. The molecular weight excluding hydrogens is 531 g/mol. The molecule has 0 amide bonds. The number of aromatic nitrogens is 1. The molecule has 0 aliphatic heterocycles. The summed E-state index contributed by atoms with van der Waals surface area (Å²) in [7, 11) is -1.92. The van der Waals surface area contributed by atoms with Crippen LogP contribution in [-0.4, -0.2) is 13.1 Å². The van der Waals surface area contributed by atoms with E-state index in [9.17, 15) is 0 Å². The van der Waals surface area contributed by atoms with E-state index >= 15 is 0 Å². The smallest absolute Gasteiger partial charge is 0.101 e. The van der Waals surface area contributed by atoms with Gasteiger partial charge < -0.3 is 0 Å². The van der Waals surface area contributed by atoms with Crippen LogP contribution in [0.15, 0.2) is 48.7 Å². The summed E-state index contributed by atoms with van der Waals surface area (Å²) in [6.45, 7) is 29.2. The fraction of sp³-hybridized carbons (Fsp3) is 0.553. The lowest BCUT2D eigenvalue weighted by molar-refractivity contribution is 0.411. The predicted molar refractivity (Wildman–Crippen MR) is 189 cm³/mol. The topological polar surface area (TPSA) is 12.9 Å². The number of fused-ring (bicyclic) bond motifs is 2. The number of hydrogen-bond donors (Lipinski definition) is 0. The van der Waals surface area contributed by atoms with Crippen molar-refractivity contribution in [1.29, 1.82) is 0 Å². The number of nitrogens with zero attached hydrogens (tertiary/aromatic N) is 1. The Bertz CT molecular complexity index is 1460. The quantitative estimate of drug-likeness (QED) is 0.187. The lowest BCUT2D eigenvalue weighted by Gasteiger charge is -2.44. The fourth-order valence-electron chi connectivity index (χ4n) is 7.88. The Morgan fingerprint density at radius 1 is 0.756 bits per heavy atom. The average molecular weight is 586 g/mol. The van der Waals surface area contributed by atoms with Crippen molar-refractivity contribution >= 4 is 44.8 Å². The zero-order valence-corrected chi connectivity index (χ0v) is 29.9. The van der Waals surface area contributed by atoms with E-state index in [0.717, 1.165) is 12.8 Å². The molecule has 2 aromatic carbocycles. The largest absolute Gasteiger partial charge is 0.255 e. The highest BCUT2D eigenvalue weighted by molar-refractivity contribution is 7.32. The van der Waals surface area contributed by atoms with Crippen molar-refractivity contribution in [3.05, 3.63) is 59.8 Å². The second kappa shape index (κ2) is 11.6. The number of pyridine rings is 1. The maximum Gasteiger partial charge on any atom is 0.101 e. The molecule has 1 nitrogen and oxygen atoms in total. The fourth-order valence-corrected chi connectivity index (χ4v) is 18.6. The maximum atomic E-state index is 5.12. The van der Waals surface area contributed by atoms with Gasteiger partial charge in [-0.3, -0.25) is 4.98 Å². The van der Waals surface area contributed by atoms with Crippen LogP contribution in [0.3, 0.4) is 0 Å². The summed E-state index contributed by atoms with van der Waals surface area (Å²) >= 11 is 2.10. The van der Waals surface area contributed by atoms with Crippen molar-refractivity contribution in [2.45, 2.75) is 120 Å². The lowest BCUT2D eigenvalue weighted by Crippen LogP contribution is -2.54. The third-order valence-corrected chi connectivity index (χ3v) is 17.8. The monoisotopic (exact) mass is 585 g/mol. The van der Waals surface area contributed by atoms with Crippen molar-refractivity contribution in [2.75, 3.05) is 0 Å².